The second kappa shape index (κ2) is 6.89. The molecule has 4 heterocycles. The maximum Gasteiger partial charge on any atom is 0.417 e. The monoisotopic (exact) mass is 443 g/mol. The first kappa shape index (κ1) is 20.2. The standard InChI is InChI=1S/C21H16F3N5O3/c1-29-6-5-20(31,19(29)30)17-9-16(28-32-17)12-4-2-3-11(7-12)15-8-14(21(22,23)24)13-10-25-27-18(13)26-15/h2-4,7-10,31H,5-6H2,1H3,(H,25,26,27). The van der Waals surface area contributed by atoms with Crippen molar-refractivity contribution in [1.29, 1.82) is 0 Å². The maximum absolute atomic E-state index is 13.5. The number of pyridine rings is 1. The Morgan fingerprint density at radius 3 is 2.62 bits per heavy atom. The number of fused-ring (bicyclic) bond motifs is 1. The lowest BCUT2D eigenvalue weighted by atomic mass is 9.97. The van der Waals surface area contributed by atoms with Crippen LogP contribution in [-0.4, -0.2) is 49.8 Å². The molecule has 0 saturated carbocycles. The van der Waals surface area contributed by atoms with Crippen LogP contribution in [0.5, 0.6) is 0 Å². The Kier molecular flexibility index (Phi) is 4.35. The lowest BCUT2D eigenvalue weighted by molar-refractivity contribution is -0.144. The van der Waals surface area contributed by atoms with E-state index in [0.29, 0.717) is 23.4 Å². The zero-order valence-electron chi connectivity index (χ0n) is 16.6. The first-order valence-corrected chi connectivity index (χ1v) is 9.64. The molecule has 0 aliphatic carbocycles. The Morgan fingerprint density at radius 2 is 1.94 bits per heavy atom. The van der Waals surface area contributed by atoms with Crippen molar-refractivity contribution >= 4 is 16.9 Å². The smallest absolute Gasteiger partial charge is 0.373 e. The molecule has 1 unspecified atom stereocenters. The molecule has 0 bridgehead atoms. The van der Waals surface area contributed by atoms with E-state index in [2.05, 4.69) is 20.3 Å². The Hall–Kier alpha value is -3.73. The Balaban J connectivity index is 1.55. The van der Waals surface area contributed by atoms with Gasteiger partial charge in [0.15, 0.2) is 11.4 Å². The van der Waals surface area contributed by atoms with E-state index in [4.69, 9.17) is 4.52 Å². The van der Waals surface area contributed by atoms with Gasteiger partial charge in [-0.2, -0.15) is 18.3 Å². The third-order valence-corrected chi connectivity index (χ3v) is 5.61. The van der Waals surface area contributed by atoms with Crippen molar-refractivity contribution in [3.8, 4) is 22.5 Å². The fourth-order valence-electron chi connectivity index (χ4n) is 3.84. The number of nitrogens with one attached hydrogen (secondary N) is 1. The molecule has 1 aliphatic rings. The van der Waals surface area contributed by atoms with Gasteiger partial charge >= 0.3 is 6.18 Å². The molecule has 11 heteroatoms. The summed E-state index contributed by atoms with van der Waals surface area (Å²) in [7, 11) is 1.58. The SMILES string of the molecule is CN1CCC(O)(c2cc(-c3cccc(-c4cc(C(F)(F)F)c5cn[nH]c5n4)c3)no2)C1=O. The quantitative estimate of drug-likeness (QED) is 0.503. The van der Waals surface area contributed by atoms with Gasteiger partial charge in [-0.1, -0.05) is 23.4 Å². The van der Waals surface area contributed by atoms with Gasteiger partial charge in [0.05, 0.1) is 22.8 Å². The van der Waals surface area contributed by atoms with E-state index in [1.165, 1.54) is 11.0 Å². The van der Waals surface area contributed by atoms with Crippen LogP contribution in [0.4, 0.5) is 13.2 Å². The summed E-state index contributed by atoms with van der Waals surface area (Å²) >= 11 is 0. The molecule has 1 saturated heterocycles. The number of likely N-dealkylation sites (N-methyl/N-ethyl adjacent to an activating group) is 1. The average molecular weight is 443 g/mol. The molecule has 3 aromatic heterocycles. The summed E-state index contributed by atoms with van der Waals surface area (Å²) < 4.78 is 45.9. The minimum Gasteiger partial charge on any atom is -0.373 e. The van der Waals surface area contributed by atoms with Gasteiger partial charge in [0, 0.05) is 37.2 Å². The van der Waals surface area contributed by atoms with Crippen molar-refractivity contribution in [2.24, 2.45) is 0 Å². The number of aromatic nitrogens is 4. The number of carbonyl (C=O) groups is 1. The largest absolute Gasteiger partial charge is 0.417 e. The van der Waals surface area contributed by atoms with Gasteiger partial charge in [-0.05, 0) is 12.1 Å². The van der Waals surface area contributed by atoms with Crippen molar-refractivity contribution in [3.05, 3.63) is 53.9 Å². The van der Waals surface area contributed by atoms with E-state index in [1.807, 2.05) is 0 Å². The topological polar surface area (TPSA) is 108 Å². The van der Waals surface area contributed by atoms with Gasteiger partial charge in [0.2, 0.25) is 5.60 Å². The molecular weight excluding hydrogens is 427 g/mol. The summed E-state index contributed by atoms with van der Waals surface area (Å²) in [4.78, 5) is 18.0. The number of halogens is 3. The zero-order valence-corrected chi connectivity index (χ0v) is 16.6. The number of aromatic amines is 1. The van der Waals surface area contributed by atoms with Crippen LogP contribution < -0.4 is 0 Å². The minimum atomic E-state index is -4.57. The molecule has 1 fully saturated rings. The Morgan fingerprint density at radius 1 is 1.19 bits per heavy atom. The van der Waals surface area contributed by atoms with E-state index >= 15 is 0 Å². The van der Waals surface area contributed by atoms with Gasteiger partial charge in [0.1, 0.15) is 5.69 Å². The highest BCUT2D eigenvalue weighted by Gasteiger charge is 2.48. The number of hydrogen-bond acceptors (Lipinski definition) is 6. The predicted octanol–water partition coefficient (Wildman–Crippen LogP) is 3.35. The number of H-pyrrole nitrogens is 1. The average Bonchev–Trinajstić information content (AvgIpc) is 3.49. The van der Waals surface area contributed by atoms with Crippen LogP contribution in [0.3, 0.4) is 0 Å². The Bertz CT molecular complexity index is 1350. The van der Waals surface area contributed by atoms with E-state index < -0.39 is 23.2 Å². The number of benzene rings is 1. The summed E-state index contributed by atoms with van der Waals surface area (Å²) in [6.07, 6.45) is -3.31. The number of carbonyl (C=O) groups excluding carboxylic acids is 1. The van der Waals surface area contributed by atoms with E-state index in [9.17, 15) is 23.1 Å². The number of hydrogen-bond donors (Lipinski definition) is 2. The highest BCUT2D eigenvalue weighted by molar-refractivity contribution is 5.88. The number of likely N-dealkylation sites (tertiary alicyclic amines) is 1. The highest BCUT2D eigenvalue weighted by atomic mass is 19.4. The lowest BCUT2D eigenvalue weighted by Gasteiger charge is -2.16. The summed E-state index contributed by atoms with van der Waals surface area (Å²) in [6, 6.07) is 9.01. The maximum atomic E-state index is 13.5. The van der Waals surface area contributed by atoms with Gasteiger partial charge < -0.3 is 14.5 Å². The summed E-state index contributed by atoms with van der Waals surface area (Å²) in [5.41, 5.74) is -1.22. The number of rotatable bonds is 3. The van der Waals surface area contributed by atoms with Crippen LogP contribution in [0.15, 0.2) is 47.1 Å². The zero-order chi connectivity index (χ0) is 22.7. The highest BCUT2D eigenvalue weighted by Crippen LogP contribution is 2.38. The first-order chi connectivity index (χ1) is 15.2. The lowest BCUT2D eigenvalue weighted by Crippen LogP contribution is -2.35. The van der Waals surface area contributed by atoms with Crippen molar-refractivity contribution in [3.63, 3.8) is 0 Å². The van der Waals surface area contributed by atoms with Crippen LogP contribution in [0.1, 0.15) is 17.7 Å². The van der Waals surface area contributed by atoms with E-state index in [1.54, 1.807) is 31.3 Å². The molecule has 8 nitrogen and oxygen atoms in total. The van der Waals surface area contributed by atoms with Gasteiger partial charge in [-0.15, -0.1) is 0 Å². The molecule has 0 spiro atoms. The van der Waals surface area contributed by atoms with Crippen molar-refractivity contribution in [1.82, 2.24) is 25.2 Å². The predicted molar refractivity (Wildman–Crippen MR) is 106 cm³/mol. The second-order valence-corrected chi connectivity index (χ2v) is 7.68. The third-order valence-electron chi connectivity index (χ3n) is 5.61. The third kappa shape index (κ3) is 3.12. The van der Waals surface area contributed by atoms with Crippen molar-refractivity contribution < 1.29 is 27.6 Å². The van der Waals surface area contributed by atoms with Gasteiger partial charge in [0.25, 0.3) is 5.91 Å². The first-order valence-electron chi connectivity index (χ1n) is 9.64. The van der Waals surface area contributed by atoms with Crippen LogP contribution >= 0.6 is 0 Å². The fourth-order valence-corrected chi connectivity index (χ4v) is 3.84. The van der Waals surface area contributed by atoms with Gasteiger partial charge in [-0.3, -0.25) is 9.89 Å². The molecule has 1 atom stereocenters. The summed E-state index contributed by atoms with van der Waals surface area (Å²) in [5, 5.41) is 20.7. The van der Waals surface area contributed by atoms with Crippen LogP contribution in [-0.2, 0) is 16.6 Å². The number of nitrogens with zero attached hydrogens (tertiary/aromatic N) is 4. The number of alkyl halides is 3. The molecule has 1 amide bonds. The fraction of sp³-hybridized carbons (Fsp3) is 0.238. The van der Waals surface area contributed by atoms with Crippen LogP contribution in [0.25, 0.3) is 33.5 Å². The summed E-state index contributed by atoms with van der Waals surface area (Å²) in [6.45, 7) is 0.379. The van der Waals surface area contributed by atoms with Crippen LogP contribution in [0.2, 0.25) is 0 Å². The number of aliphatic hydroxyl groups is 1. The molecule has 0 radical (unpaired) electrons. The van der Waals surface area contributed by atoms with E-state index in [0.717, 1.165) is 12.3 Å². The normalized spacial score (nSPS) is 19.3. The second-order valence-electron chi connectivity index (χ2n) is 7.68. The van der Waals surface area contributed by atoms with Crippen LogP contribution in [0, 0.1) is 0 Å². The molecule has 4 aromatic rings. The molecule has 2 N–H and O–H groups in total. The van der Waals surface area contributed by atoms with Crippen molar-refractivity contribution in [2.45, 2.75) is 18.2 Å². The van der Waals surface area contributed by atoms with Crippen molar-refractivity contribution in [2.75, 3.05) is 13.6 Å². The minimum absolute atomic E-state index is 0.0172. The molecule has 32 heavy (non-hydrogen) atoms. The number of amides is 1. The summed E-state index contributed by atoms with van der Waals surface area (Å²) in [5.74, 6) is -0.464. The molecular formula is C21H16F3N5O3. The molecule has 164 valence electrons. The van der Waals surface area contributed by atoms with Gasteiger partial charge in [-0.25, -0.2) is 4.98 Å². The Labute approximate surface area is 178 Å². The molecule has 5 rings (SSSR count). The van der Waals surface area contributed by atoms with E-state index in [-0.39, 0.29) is 28.9 Å². The molecule has 1 aromatic carbocycles. The molecule has 1 aliphatic heterocycles.